The first-order chi connectivity index (χ1) is 8.81. The predicted octanol–water partition coefficient (Wildman–Crippen LogP) is 3.10. The van der Waals surface area contributed by atoms with Crippen LogP contribution in [0.25, 0.3) is 0 Å². The van der Waals surface area contributed by atoms with Gasteiger partial charge in [-0.25, -0.2) is 0 Å². The lowest BCUT2D eigenvalue weighted by atomic mass is 10.1. The van der Waals surface area contributed by atoms with Gasteiger partial charge in [-0.15, -0.1) is 0 Å². The first-order valence-corrected chi connectivity index (χ1v) is 6.10. The van der Waals surface area contributed by atoms with Gasteiger partial charge >= 0.3 is 0 Å². The molecule has 94 valence electrons. The third-order valence-corrected chi connectivity index (χ3v) is 2.81. The molecule has 0 fully saturated rings. The standard InChI is InChI=1S/C15H17NO2/c1-2-14(17)13-5-3-4-6-15(13)18-11-12-7-9-16-10-8-12/h3-10,14,17H,2,11H2,1H3. The molecule has 1 N–H and O–H groups in total. The van der Waals surface area contributed by atoms with Gasteiger partial charge in [-0.05, 0) is 30.2 Å². The predicted molar refractivity (Wildman–Crippen MR) is 70.3 cm³/mol. The van der Waals surface area contributed by atoms with Gasteiger partial charge in [0.05, 0.1) is 6.10 Å². The van der Waals surface area contributed by atoms with Gasteiger partial charge < -0.3 is 9.84 Å². The van der Waals surface area contributed by atoms with Crippen molar-refractivity contribution in [2.75, 3.05) is 0 Å². The van der Waals surface area contributed by atoms with Crippen molar-refractivity contribution in [1.82, 2.24) is 4.98 Å². The summed E-state index contributed by atoms with van der Waals surface area (Å²) in [5, 5.41) is 9.92. The smallest absolute Gasteiger partial charge is 0.125 e. The van der Waals surface area contributed by atoms with Gasteiger partial charge in [-0.3, -0.25) is 4.98 Å². The van der Waals surface area contributed by atoms with Gasteiger partial charge in [0.1, 0.15) is 12.4 Å². The molecule has 0 radical (unpaired) electrons. The van der Waals surface area contributed by atoms with Crippen LogP contribution in [0.1, 0.15) is 30.6 Å². The number of ether oxygens (including phenoxy) is 1. The maximum absolute atomic E-state index is 9.92. The fourth-order valence-electron chi connectivity index (χ4n) is 1.75. The van der Waals surface area contributed by atoms with Crippen molar-refractivity contribution < 1.29 is 9.84 Å². The summed E-state index contributed by atoms with van der Waals surface area (Å²) in [6, 6.07) is 11.4. The van der Waals surface area contributed by atoms with Gasteiger partial charge in [0, 0.05) is 18.0 Å². The summed E-state index contributed by atoms with van der Waals surface area (Å²) in [6.07, 6.45) is 3.69. The Morgan fingerprint density at radius 2 is 1.89 bits per heavy atom. The van der Waals surface area contributed by atoms with Crippen molar-refractivity contribution in [3.05, 3.63) is 59.9 Å². The number of hydrogen-bond donors (Lipinski definition) is 1. The van der Waals surface area contributed by atoms with Crippen molar-refractivity contribution >= 4 is 0 Å². The largest absolute Gasteiger partial charge is 0.489 e. The van der Waals surface area contributed by atoms with E-state index in [1.165, 1.54) is 0 Å². The van der Waals surface area contributed by atoms with E-state index in [1.807, 2.05) is 43.3 Å². The Balaban J connectivity index is 2.10. The van der Waals surface area contributed by atoms with Crippen LogP contribution in [0.2, 0.25) is 0 Å². The molecular formula is C15H17NO2. The average Bonchev–Trinajstić information content (AvgIpc) is 2.45. The van der Waals surface area contributed by atoms with Gasteiger partial charge in [0.25, 0.3) is 0 Å². The minimum atomic E-state index is -0.473. The van der Waals surface area contributed by atoms with Crippen molar-refractivity contribution in [3.63, 3.8) is 0 Å². The average molecular weight is 243 g/mol. The quantitative estimate of drug-likeness (QED) is 0.877. The maximum atomic E-state index is 9.92. The zero-order valence-electron chi connectivity index (χ0n) is 10.4. The van der Waals surface area contributed by atoms with Gasteiger partial charge in [-0.1, -0.05) is 25.1 Å². The number of rotatable bonds is 5. The summed E-state index contributed by atoms with van der Waals surface area (Å²) < 4.78 is 5.76. The second-order valence-corrected chi connectivity index (χ2v) is 4.11. The minimum absolute atomic E-state index is 0.473. The number of aliphatic hydroxyl groups excluding tert-OH is 1. The van der Waals surface area contributed by atoms with Crippen molar-refractivity contribution in [2.24, 2.45) is 0 Å². The summed E-state index contributed by atoms with van der Waals surface area (Å²) >= 11 is 0. The number of aliphatic hydroxyl groups is 1. The fourth-order valence-corrected chi connectivity index (χ4v) is 1.75. The summed E-state index contributed by atoms with van der Waals surface area (Å²) in [4.78, 5) is 3.96. The maximum Gasteiger partial charge on any atom is 0.125 e. The highest BCUT2D eigenvalue weighted by Crippen LogP contribution is 2.27. The topological polar surface area (TPSA) is 42.4 Å². The van der Waals surface area contributed by atoms with Crippen molar-refractivity contribution in [2.45, 2.75) is 26.1 Å². The van der Waals surface area contributed by atoms with Crippen LogP contribution in [0.4, 0.5) is 0 Å². The number of para-hydroxylation sites is 1. The molecule has 1 aromatic heterocycles. The summed E-state index contributed by atoms with van der Waals surface area (Å²) in [5.41, 5.74) is 1.90. The molecule has 0 bridgehead atoms. The molecule has 1 aromatic carbocycles. The van der Waals surface area contributed by atoms with Crippen molar-refractivity contribution in [3.8, 4) is 5.75 Å². The summed E-state index contributed by atoms with van der Waals surface area (Å²) in [7, 11) is 0. The molecular weight excluding hydrogens is 226 g/mol. The molecule has 0 spiro atoms. The van der Waals surface area contributed by atoms with Crippen molar-refractivity contribution in [1.29, 1.82) is 0 Å². The molecule has 2 rings (SSSR count). The van der Waals surface area contributed by atoms with Crippen LogP contribution in [-0.4, -0.2) is 10.1 Å². The molecule has 0 saturated carbocycles. The molecule has 0 amide bonds. The lowest BCUT2D eigenvalue weighted by Gasteiger charge is -2.14. The second kappa shape index (κ2) is 6.17. The Labute approximate surface area is 107 Å². The molecule has 0 aliphatic heterocycles. The number of pyridine rings is 1. The fraction of sp³-hybridized carbons (Fsp3) is 0.267. The molecule has 1 atom stereocenters. The van der Waals surface area contributed by atoms with E-state index < -0.39 is 6.10 Å². The van der Waals surface area contributed by atoms with E-state index in [0.29, 0.717) is 13.0 Å². The van der Waals surface area contributed by atoms with E-state index in [2.05, 4.69) is 4.98 Å². The van der Waals surface area contributed by atoms with Gasteiger partial charge in [-0.2, -0.15) is 0 Å². The molecule has 3 heteroatoms. The van der Waals surface area contributed by atoms with Crippen LogP contribution >= 0.6 is 0 Å². The minimum Gasteiger partial charge on any atom is -0.489 e. The molecule has 3 nitrogen and oxygen atoms in total. The van der Waals surface area contributed by atoms with E-state index >= 15 is 0 Å². The van der Waals surface area contributed by atoms with Crippen LogP contribution in [0, 0.1) is 0 Å². The number of nitrogens with zero attached hydrogens (tertiary/aromatic N) is 1. The number of benzene rings is 1. The first kappa shape index (κ1) is 12.6. The first-order valence-electron chi connectivity index (χ1n) is 6.10. The molecule has 0 saturated heterocycles. The highest BCUT2D eigenvalue weighted by atomic mass is 16.5. The van der Waals surface area contributed by atoms with E-state index in [9.17, 15) is 5.11 Å². The lowest BCUT2D eigenvalue weighted by molar-refractivity contribution is 0.166. The number of aromatic nitrogens is 1. The molecule has 0 aliphatic carbocycles. The molecule has 1 unspecified atom stereocenters. The molecule has 1 heterocycles. The lowest BCUT2D eigenvalue weighted by Crippen LogP contribution is -2.02. The molecule has 0 aliphatic rings. The zero-order valence-corrected chi connectivity index (χ0v) is 10.4. The summed E-state index contributed by atoms with van der Waals surface area (Å²) in [5.74, 6) is 0.740. The van der Waals surface area contributed by atoms with Crippen LogP contribution in [0.5, 0.6) is 5.75 Å². The Bertz CT molecular complexity index is 485. The third-order valence-electron chi connectivity index (χ3n) is 2.81. The monoisotopic (exact) mass is 243 g/mol. The molecule has 18 heavy (non-hydrogen) atoms. The molecule has 2 aromatic rings. The van der Waals surface area contributed by atoms with Gasteiger partial charge in [0.2, 0.25) is 0 Å². The highest BCUT2D eigenvalue weighted by Gasteiger charge is 2.10. The summed E-state index contributed by atoms with van der Waals surface area (Å²) in [6.45, 7) is 2.43. The van der Waals surface area contributed by atoms with E-state index in [-0.39, 0.29) is 0 Å². The normalized spacial score (nSPS) is 12.1. The second-order valence-electron chi connectivity index (χ2n) is 4.11. The van der Waals surface area contributed by atoms with E-state index in [0.717, 1.165) is 16.9 Å². The van der Waals surface area contributed by atoms with Crippen LogP contribution < -0.4 is 4.74 Å². The Hall–Kier alpha value is -1.87. The Morgan fingerprint density at radius 3 is 2.61 bits per heavy atom. The van der Waals surface area contributed by atoms with E-state index in [4.69, 9.17) is 4.74 Å². The zero-order chi connectivity index (χ0) is 12.8. The van der Waals surface area contributed by atoms with Crippen LogP contribution in [0.3, 0.4) is 0 Å². The Morgan fingerprint density at radius 1 is 1.17 bits per heavy atom. The SMILES string of the molecule is CCC(O)c1ccccc1OCc1ccncc1. The Kier molecular flexibility index (Phi) is 4.31. The van der Waals surface area contributed by atoms with Crippen LogP contribution in [-0.2, 0) is 6.61 Å². The van der Waals surface area contributed by atoms with Gasteiger partial charge in [0.15, 0.2) is 0 Å². The number of hydrogen-bond acceptors (Lipinski definition) is 3. The third kappa shape index (κ3) is 3.08. The van der Waals surface area contributed by atoms with E-state index in [1.54, 1.807) is 12.4 Å². The van der Waals surface area contributed by atoms with Crippen LogP contribution in [0.15, 0.2) is 48.8 Å². The highest BCUT2D eigenvalue weighted by molar-refractivity contribution is 5.35.